The number of hydrogen-bond donors (Lipinski definition) is 3. The molecule has 1 atom stereocenters. The maximum absolute atomic E-state index is 12.8. The molecule has 0 radical (unpaired) electrons. The van der Waals surface area contributed by atoms with E-state index in [0.29, 0.717) is 36.8 Å². The first-order valence-electron chi connectivity index (χ1n) is 13.9. The van der Waals surface area contributed by atoms with Crippen LogP contribution < -0.4 is 30.3 Å². The number of esters is 1. The van der Waals surface area contributed by atoms with Gasteiger partial charge in [-0.2, -0.15) is 5.10 Å². The highest BCUT2D eigenvalue weighted by molar-refractivity contribution is 14.1. The maximum Gasteiger partial charge on any atom is 0.338 e. The smallest absolute Gasteiger partial charge is 0.338 e. The van der Waals surface area contributed by atoms with Gasteiger partial charge in [-0.05, 0) is 78.5 Å². The molecule has 0 fully saturated rings. The highest BCUT2D eigenvalue weighted by Crippen LogP contribution is 2.41. The van der Waals surface area contributed by atoms with E-state index in [1.807, 2.05) is 22.6 Å². The van der Waals surface area contributed by atoms with Crippen LogP contribution in [0.1, 0.15) is 31.0 Å². The minimum absolute atomic E-state index is 0.128. The van der Waals surface area contributed by atoms with Crippen molar-refractivity contribution in [1.82, 2.24) is 16.1 Å². The Hall–Kier alpha value is -5.37. The summed E-state index contributed by atoms with van der Waals surface area (Å²) >= 11 is 7.22. The molecule has 3 aromatic carbocycles. The Balaban J connectivity index is 1.45. The molecule has 0 saturated carbocycles. The normalized spacial score (nSPS) is 14.1. The number of hydrogen-bond acceptors (Lipinski definition) is 12. The van der Waals surface area contributed by atoms with Crippen LogP contribution >= 0.6 is 34.8 Å². The summed E-state index contributed by atoms with van der Waals surface area (Å²) in [5.74, 6) is -0.694. The van der Waals surface area contributed by atoms with Gasteiger partial charge in [0.2, 0.25) is 5.75 Å². The molecule has 48 heavy (non-hydrogen) atoms. The largest absolute Gasteiger partial charge is 0.493 e. The molecule has 1 aliphatic heterocycles. The van der Waals surface area contributed by atoms with Crippen molar-refractivity contribution in [3.63, 3.8) is 0 Å². The first-order valence-corrected chi connectivity index (χ1v) is 15.4. The van der Waals surface area contributed by atoms with Crippen LogP contribution in [0.5, 0.6) is 23.0 Å². The second-order valence-electron chi connectivity index (χ2n) is 9.71. The van der Waals surface area contributed by atoms with Gasteiger partial charge in [-0.15, -0.1) is 0 Å². The number of carbonyl (C=O) groups excluding carboxylic acids is 2. The third-order valence-electron chi connectivity index (χ3n) is 6.57. The predicted molar refractivity (Wildman–Crippen MR) is 184 cm³/mol. The van der Waals surface area contributed by atoms with E-state index in [1.165, 1.54) is 19.4 Å². The molecular weight excluding hydrogens is 763 g/mol. The summed E-state index contributed by atoms with van der Waals surface area (Å²) in [7, 11) is 1.36. The van der Waals surface area contributed by atoms with E-state index in [2.05, 4.69) is 21.2 Å². The summed E-state index contributed by atoms with van der Waals surface area (Å²) in [4.78, 5) is 46.5. The molecule has 18 heteroatoms. The van der Waals surface area contributed by atoms with Crippen molar-refractivity contribution in [3.8, 4) is 23.0 Å². The number of carbonyl (C=O) groups is 2. The molecule has 0 bridgehead atoms. The summed E-state index contributed by atoms with van der Waals surface area (Å²) in [6.45, 7) is 3.19. The number of rotatable bonds is 13. The first-order chi connectivity index (χ1) is 22.9. The summed E-state index contributed by atoms with van der Waals surface area (Å²) < 4.78 is 22.7. The van der Waals surface area contributed by atoms with Crippen LogP contribution in [0.3, 0.4) is 0 Å². The average molecular weight is 791 g/mol. The fourth-order valence-electron chi connectivity index (χ4n) is 4.48. The topological polar surface area (TPSA) is 206 Å². The van der Waals surface area contributed by atoms with E-state index in [-0.39, 0.29) is 23.9 Å². The Bertz CT molecular complexity index is 1850. The summed E-state index contributed by atoms with van der Waals surface area (Å²) in [6.07, 6.45) is 1.34. The van der Waals surface area contributed by atoms with Crippen LogP contribution in [0, 0.1) is 23.8 Å². The molecule has 4 rings (SSSR count). The van der Waals surface area contributed by atoms with E-state index in [9.17, 15) is 29.8 Å². The summed E-state index contributed by atoms with van der Waals surface area (Å²) in [5.41, 5.74) is 3.21. The van der Waals surface area contributed by atoms with Gasteiger partial charge in [-0.1, -0.05) is 18.2 Å². The minimum Gasteiger partial charge on any atom is -0.493 e. The zero-order chi connectivity index (χ0) is 35.0. The van der Waals surface area contributed by atoms with Gasteiger partial charge in [-0.3, -0.25) is 25.0 Å². The third kappa shape index (κ3) is 8.50. The number of non-ortho nitro benzene ring substituents is 1. The summed E-state index contributed by atoms with van der Waals surface area (Å²) in [6, 6.07) is 12.3. The number of ether oxygens (including phenoxy) is 4. The van der Waals surface area contributed by atoms with Gasteiger partial charge in [-0.25, -0.2) is 10.2 Å². The number of halogens is 1. The van der Waals surface area contributed by atoms with Crippen LogP contribution in [0.15, 0.2) is 71.0 Å². The molecule has 3 aromatic rings. The Morgan fingerprint density at radius 2 is 1.83 bits per heavy atom. The number of amides is 1. The number of nitrogens with one attached hydrogen (secondary N) is 3. The number of allylic oxidation sites excluding steroid dienone is 1. The number of nitrogens with zero attached hydrogens (tertiary/aromatic N) is 3. The van der Waals surface area contributed by atoms with Crippen molar-refractivity contribution < 1.29 is 38.4 Å². The van der Waals surface area contributed by atoms with Crippen LogP contribution in [-0.4, -0.2) is 53.4 Å². The molecule has 0 unspecified atom stereocenters. The lowest BCUT2D eigenvalue weighted by Gasteiger charge is -2.30. The fourth-order valence-corrected chi connectivity index (χ4v) is 5.49. The molecule has 1 aliphatic rings. The number of nitro groups is 2. The highest BCUT2D eigenvalue weighted by atomic mass is 127. The van der Waals surface area contributed by atoms with Crippen LogP contribution in [0.2, 0.25) is 0 Å². The SMILES string of the molecule is CCOC(=O)C1=C(C)NC(=S)N[C@@H]1c1ccccc1OCC(=O)NN=Cc1cc(I)c(Oc2ccc([N+](=O)[O-])cc2[N+](=O)[O-])c(OC)c1. The number of benzene rings is 3. The Labute approximate surface area is 291 Å². The number of hydrazone groups is 1. The average Bonchev–Trinajstić information content (AvgIpc) is 3.04. The standard InChI is InChI=1S/C30H27IN6O10S/c1-4-45-29(39)26-16(2)33-30(48)34-27(26)19-7-5-6-8-22(19)46-15-25(38)35-32-14-17-11-20(31)28(24(12-17)44-3)47-23-10-9-18(36(40)41)13-21(23)37(42)43/h5-14,27H,4,15H2,1-3H3,(H,35,38)(H2,33,34,48)/t27-/m1/s1. The van der Waals surface area contributed by atoms with Gasteiger partial charge in [0.1, 0.15) is 5.75 Å². The van der Waals surface area contributed by atoms with Crippen LogP contribution in [-0.2, 0) is 14.3 Å². The number of para-hydroxylation sites is 1. The maximum atomic E-state index is 12.8. The monoisotopic (exact) mass is 790 g/mol. The van der Waals surface area contributed by atoms with E-state index in [1.54, 1.807) is 44.2 Å². The van der Waals surface area contributed by atoms with Crippen molar-refractivity contribution in [2.75, 3.05) is 20.3 Å². The van der Waals surface area contributed by atoms with Gasteiger partial charge in [0.05, 0.1) is 51.0 Å². The molecule has 3 N–H and O–H groups in total. The van der Waals surface area contributed by atoms with Gasteiger partial charge in [0.25, 0.3) is 11.6 Å². The first kappa shape index (κ1) is 35.5. The zero-order valence-corrected chi connectivity index (χ0v) is 28.4. The van der Waals surface area contributed by atoms with E-state index >= 15 is 0 Å². The Kier molecular flexibility index (Phi) is 11.8. The number of methoxy groups -OCH3 is 1. The third-order valence-corrected chi connectivity index (χ3v) is 7.59. The van der Waals surface area contributed by atoms with Crippen LogP contribution in [0.25, 0.3) is 0 Å². The molecule has 1 heterocycles. The van der Waals surface area contributed by atoms with E-state index in [4.69, 9.17) is 31.2 Å². The van der Waals surface area contributed by atoms with Gasteiger partial charge >= 0.3 is 11.7 Å². The van der Waals surface area contributed by atoms with Crippen molar-refractivity contribution in [1.29, 1.82) is 0 Å². The molecule has 16 nitrogen and oxygen atoms in total. The minimum atomic E-state index is -0.786. The van der Waals surface area contributed by atoms with Crippen molar-refractivity contribution in [3.05, 3.63) is 101 Å². The van der Waals surface area contributed by atoms with E-state index in [0.717, 1.165) is 18.2 Å². The Morgan fingerprint density at radius 1 is 1.08 bits per heavy atom. The molecule has 0 spiro atoms. The highest BCUT2D eigenvalue weighted by Gasteiger charge is 2.32. The van der Waals surface area contributed by atoms with Crippen molar-refractivity contribution in [2.24, 2.45) is 5.10 Å². The van der Waals surface area contributed by atoms with Crippen molar-refractivity contribution >= 4 is 69.4 Å². The lowest BCUT2D eigenvalue weighted by Crippen LogP contribution is -2.45. The predicted octanol–water partition coefficient (Wildman–Crippen LogP) is 4.79. The van der Waals surface area contributed by atoms with Gasteiger partial charge < -0.3 is 29.6 Å². The Morgan fingerprint density at radius 3 is 2.52 bits per heavy atom. The lowest BCUT2D eigenvalue weighted by atomic mass is 9.95. The molecule has 0 aromatic heterocycles. The second kappa shape index (κ2) is 16.0. The fraction of sp³-hybridized carbons (Fsp3) is 0.200. The van der Waals surface area contributed by atoms with Crippen LogP contribution in [0.4, 0.5) is 11.4 Å². The van der Waals surface area contributed by atoms with Crippen molar-refractivity contribution in [2.45, 2.75) is 19.9 Å². The molecular formula is C30H27IN6O10S. The number of thiocarbonyl (C=S) groups is 1. The van der Waals surface area contributed by atoms with Gasteiger partial charge in [0, 0.05) is 17.3 Å². The lowest BCUT2D eigenvalue weighted by molar-refractivity contribution is -0.394. The van der Waals surface area contributed by atoms with E-state index < -0.39 is 45.7 Å². The van der Waals surface area contributed by atoms with Gasteiger partial charge in [0.15, 0.2) is 23.2 Å². The second-order valence-corrected chi connectivity index (χ2v) is 11.3. The summed E-state index contributed by atoms with van der Waals surface area (Å²) in [5, 5.41) is 32.9. The number of nitro benzene ring substituents is 2. The quantitative estimate of drug-likeness (QED) is 0.0533. The molecule has 0 saturated heterocycles. The molecule has 1 amide bonds. The molecule has 0 aliphatic carbocycles. The molecule has 250 valence electrons. The zero-order valence-electron chi connectivity index (χ0n) is 25.5.